The van der Waals surface area contributed by atoms with Crippen molar-refractivity contribution in [1.29, 1.82) is 0 Å². The van der Waals surface area contributed by atoms with Gasteiger partial charge in [0.2, 0.25) is 0 Å². The molecule has 0 radical (unpaired) electrons. The highest BCUT2D eigenvalue weighted by molar-refractivity contribution is 5.86. The molecule has 94 valence electrons. The van der Waals surface area contributed by atoms with Crippen molar-refractivity contribution in [3.8, 4) is 0 Å². The summed E-state index contributed by atoms with van der Waals surface area (Å²) in [7, 11) is 1.32. The molecule has 0 fully saturated rings. The lowest BCUT2D eigenvalue weighted by atomic mass is 10.0. The summed E-state index contributed by atoms with van der Waals surface area (Å²) in [6.45, 7) is 6.42. The average Bonchev–Trinajstić information content (AvgIpc) is 2.37. The van der Waals surface area contributed by atoms with E-state index in [4.69, 9.17) is 0 Å². The zero-order valence-electron chi connectivity index (χ0n) is 10.7. The number of aromatic nitrogens is 2. The maximum Gasteiger partial charge on any atom is 0.358 e. The first kappa shape index (κ1) is 13.4. The summed E-state index contributed by atoms with van der Waals surface area (Å²) in [6.07, 6.45) is 4.06. The standard InChI is InChI=1S/C12H19N3O2/c1-5-8(2)9(3)15-11-7-13-10(6-14-11)12(16)17-4/h6-9H,5H2,1-4H3,(H,14,15). The molecule has 0 aromatic carbocycles. The first-order chi connectivity index (χ1) is 8.08. The fourth-order valence-corrected chi connectivity index (χ4v) is 1.34. The number of rotatable bonds is 5. The fourth-order valence-electron chi connectivity index (χ4n) is 1.34. The number of methoxy groups -OCH3 is 1. The molecule has 0 spiro atoms. The van der Waals surface area contributed by atoms with Gasteiger partial charge in [-0.1, -0.05) is 20.3 Å². The van der Waals surface area contributed by atoms with E-state index in [0.29, 0.717) is 17.8 Å². The number of hydrogen-bond donors (Lipinski definition) is 1. The van der Waals surface area contributed by atoms with Crippen LogP contribution < -0.4 is 5.32 Å². The Balaban J connectivity index is 2.65. The zero-order chi connectivity index (χ0) is 12.8. The summed E-state index contributed by atoms with van der Waals surface area (Å²) in [5.74, 6) is 0.751. The van der Waals surface area contributed by atoms with Crippen molar-refractivity contribution in [3.05, 3.63) is 18.1 Å². The third-order valence-corrected chi connectivity index (χ3v) is 2.92. The summed E-state index contributed by atoms with van der Waals surface area (Å²) in [4.78, 5) is 19.3. The molecule has 2 atom stereocenters. The van der Waals surface area contributed by atoms with Crippen molar-refractivity contribution in [2.24, 2.45) is 5.92 Å². The maximum absolute atomic E-state index is 11.2. The van der Waals surface area contributed by atoms with Crippen LogP contribution in [0.1, 0.15) is 37.7 Å². The van der Waals surface area contributed by atoms with Gasteiger partial charge < -0.3 is 10.1 Å². The SMILES string of the molecule is CCC(C)C(C)Nc1cnc(C(=O)OC)cn1. The van der Waals surface area contributed by atoms with Crippen LogP contribution >= 0.6 is 0 Å². The number of nitrogens with one attached hydrogen (secondary N) is 1. The Bertz CT molecular complexity index is 365. The number of carbonyl (C=O) groups is 1. The van der Waals surface area contributed by atoms with Crippen molar-refractivity contribution in [1.82, 2.24) is 9.97 Å². The second kappa shape index (κ2) is 6.18. The fraction of sp³-hybridized carbons (Fsp3) is 0.583. The van der Waals surface area contributed by atoms with Gasteiger partial charge in [-0.3, -0.25) is 0 Å². The van der Waals surface area contributed by atoms with Gasteiger partial charge in [-0.2, -0.15) is 0 Å². The predicted molar refractivity (Wildman–Crippen MR) is 65.9 cm³/mol. The van der Waals surface area contributed by atoms with E-state index in [1.165, 1.54) is 13.3 Å². The zero-order valence-corrected chi connectivity index (χ0v) is 10.7. The molecule has 1 aromatic rings. The number of nitrogens with zero attached hydrogens (tertiary/aromatic N) is 2. The van der Waals surface area contributed by atoms with Crippen LogP contribution in [0.4, 0.5) is 5.82 Å². The minimum atomic E-state index is -0.473. The van der Waals surface area contributed by atoms with Gasteiger partial charge in [0.1, 0.15) is 5.82 Å². The van der Waals surface area contributed by atoms with Crippen LogP contribution in [0.5, 0.6) is 0 Å². The van der Waals surface area contributed by atoms with Gasteiger partial charge in [0, 0.05) is 6.04 Å². The van der Waals surface area contributed by atoms with E-state index in [2.05, 4.69) is 40.8 Å². The topological polar surface area (TPSA) is 64.1 Å². The molecule has 0 aliphatic carbocycles. The molecule has 0 bridgehead atoms. The number of esters is 1. The van der Waals surface area contributed by atoms with Crippen LogP contribution in [0, 0.1) is 5.92 Å². The van der Waals surface area contributed by atoms with Crippen LogP contribution in [0.25, 0.3) is 0 Å². The molecular formula is C12H19N3O2. The molecule has 0 aliphatic rings. The molecule has 1 rings (SSSR count). The smallest absolute Gasteiger partial charge is 0.358 e. The summed E-state index contributed by atoms with van der Waals surface area (Å²) < 4.78 is 4.55. The molecule has 5 nitrogen and oxygen atoms in total. The van der Waals surface area contributed by atoms with Crippen LogP contribution in [0.3, 0.4) is 0 Å². The Morgan fingerprint density at radius 2 is 2.12 bits per heavy atom. The summed E-state index contributed by atoms with van der Waals surface area (Å²) >= 11 is 0. The molecule has 1 aromatic heterocycles. The third-order valence-electron chi connectivity index (χ3n) is 2.92. The van der Waals surface area contributed by atoms with E-state index in [1.54, 1.807) is 6.20 Å². The maximum atomic E-state index is 11.2. The van der Waals surface area contributed by atoms with Crippen molar-refractivity contribution < 1.29 is 9.53 Å². The monoisotopic (exact) mass is 237 g/mol. The van der Waals surface area contributed by atoms with Crippen molar-refractivity contribution in [3.63, 3.8) is 0 Å². The second-order valence-electron chi connectivity index (χ2n) is 4.10. The second-order valence-corrected chi connectivity index (χ2v) is 4.10. The first-order valence-corrected chi connectivity index (χ1v) is 5.75. The highest BCUT2D eigenvalue weighted by atomic mass is 16.5. The average molecular weight is 237 g/mol. The van der Waals surface area contributed by atoms with E-state index >= 15 is 0 Å². The minimum Gasteiger partial charge on any atom is -0.464 e. The van der Waals surface area contributed by atoms with Crippen LogP contribution in [0.2, 0.25) is 0 Å². The molecule has 2 unspecified atom stereocenters. The van der Waals surface area contributed by atoms with Crippen LogP contribution in [-0.4, -0.2) is 29.1 Å². The number of hydrogen-bond acceptors (Lipinski definition) is 5. The van der Waals surface area contributed by atoms with Crippen LogP contribution in [-0.2, 0) is 4.74 Å². The molecule has 17 heavy (non-hydrogen) atoms. The van der Waals surface area contributed by atoms with Gasteiger partial charge >= 0.3 is 5.97 Å². The van der Waals surface area contributed by atoms with Crippen molar-refractivity contribution in [2.75, 3.05) is 12.4 Å². The van der Waals surface area contributed by atoms with E-state index in [1.807, 2.05) is 0 Å². The predicted octanol–water partition coefficient (Wildman–Crippen LogP) is 2.11. The normalized spacial score (nSPS) is 13.9. The van der Waals surface area contributed by atoms with Gasteiger partial charge in [0.15, 0.2) is 5.69 Å². The molecule has 0 saturated heterocycles. The number of anilines is 1. The lowest BCUT2D eigenvalue weighted by Crippen LogP contribution is -2.24. The first-order valence-electron chi connectivity index (χ1n) is 5.75. The Labute approximate surface area is 102 Å². The van der Waals surface area contributed by atoms with E-state index in [9.17, 15) is 4.79 Å². The highest BCUT2D eigenvalue weighted by Crippen LogP contribution is 2.12. The van der Waals surface area contributed by atoms with E-state index in [-0.39, 0.29) is 5.69 Å². The molecule has 5 heteroatoms. The number of ether oxygens (including phenoxy) is 1. The molecule has 0 amide bonds. The number of carbonyl (C=O) groups excluding carboxylic acids is 1. The largest absolute Gasteiger partial charge is 0.464 e. The minimum absolute atomic E-state index is 0.217. The molecule has 1 heterocycles. The Morgan fingerprint density at radius 1 is 1.41 bits per heavy atom. The summed E-state index contributed by atoms with van der Waals surface area (Å²) in [5.41, 5.74) is 0.217. The van der Waals surface area contributed by atoms with Crippen LogP contribution in [0.15, 0.2) is 12.4 Å². The third kappa shape index (κ3) is 3.69. The lowest BCUT2D eigenvalue weighted by molar-refractivity contribution is 0.0593. The van der Waals surface area contributed by atoms with Gasteiger partial charge in [-0.05, 0) is 12.8 Å². The van der Waals surface area contributed by atoms with Gasteiger partial charge in [0.05, 0.1) is 19.5 Å². The van der Waals surface area contributed by atoms with Gasteiger partial charge in [0.25, 0.3) is 0 Å². The Kier molecular flexibility index (Phi) is 4.87. The quantitative estimate of drug-likeness (QED) is 0.794. The molecular weight excluding hydrogens is 218 g/mol. The highest BCUT2D eigenvalue weighted by Gasteiger charge is 2.12. The molecule has 0 saturated carbocycles. The van der Waals surface area contributed by atoms with E-state index < -0.39 is 5.97 Å². The Morgan fingerprint density at radius 3 is 2.59 bits per heavy atom. The van der Waals surface area contributed by atoms with Crippen molar-refractivity contribution >= 4 is 11.8 Å². The van der Waals surface area contributed by atoms with Gasteiger partial charge in [-0.25, -0.2) is 14.8 Å². The van der Waals surface area contributed by atoms with Crippen molar-refractivity contribution in [2.45, 2.75) is 33.2 Å². The summed E-state index contributed by atoms with van der Waals surface area (Å²) in [6, 6.07) is 0.318. The Hall–Kier alpha value is -1.65. The van der Waals surface area contributed by atoms with Gasteiger partial charge in [-0.15, -0.1) is 0 Å². The lowest BCUT2D eigenvalue weighted by Gasteiger charge is -2.20. The van der Waals surface area contributed by atoms with E-state index in [0.717, 1.165) is 6.42 Å². The molecule has 1 N–H and O–H groups in total. The molecule has 0 aliphatic heterocycles. The summed E-state index contributed by atoms with van der Waals surface area (Å²) in [5, 5.41) is 3.25.